The van der Waals surface area contributed by atoms with Gasteiger partial charge in [-0.3, -0.25) is 9.59 Å². The van der Waals surface area contributed by atoms with Crippen molar-refractivity contribution in [3.8, 4) is 0 Å². The first-order valence-electron chi connectivity index (χ1n) is 12.9. The third-order valence-electron chi connectivity index (χ3n) is 7.74. The lowest BCUT2D eigenvalue weighted by molar-refractivity contribution is -0.205. The van der Waals surface area contributed by atoms with Gasteiger partial charge in [-0.15, -0.1) is 0 Å². The molecule has 0 aromatic carbocycles. The van der Waals surface area contributed by atoms with Crippen LogP contribution in [-0.4, -0.2) is 66.8 Å². The minimum atomic E-state index is -0.596. The second-order valence-corrected chi connectivity index (χ2v) is 12.5. The van der Waals surface area contributed by atoms with Crippen LogP contribution in [0.3, 0.4) is 0 Å². The van der Waals surface area contributed by atoms with E-state index in [4.69, 9.17) is 9.47 Å². The first-order chi connectivity index (χ1) is 15.5. The van der Waals surface area contributed by atoms with E-state index in [1.54, 1.807) is 0 Å². The highest BCUT2D eigenvalue weighted by Crippen LogP contribution is 2.42. The van der Waals surface area contributed by atoms with Crippen LogP contribution in [0.15, 0.2) is 0 Å². The van der Waals surface area contributed by atoms with Crippen molar-refractivity contribution < 1.29 is 29.5 Å². The van der Waals surface area contributed by atoms with Gasteiger partial charge in [-0.05, 0) is 68.2 Å². The van der Waals surface area contributed by atoms with Crippen molar-refractivity contribution in [1.82, 2.24) is 10.1 Å². The lowest BCUT2D eigenvalue weighted by atomic mass is 9.97. The normalized spacial score (nSPS) is 27.6. The minimum absolute atomic E-state index is 0.202. The SMILES string of the molecule is CC1(C)CC(OC(=O)CCCCCCCCC(=O)OC2CC(C)(C)N(O)C2(C)C)C(C)(C)N1O. The molecule has 2 heterocycles. The van der Waals surface area contributed by atoms with Crippen molar-refractivity contribution in [2.24, 2.45) is 0 Å². The zero-order valence-electron chi connectivity index (χ0n) is 22.6. The molecule has 0 saturated carbocycles. The zero-order valence-corrected chi connectivity index (χ0v) is 22.6. The number of nitrogens with zero attached hydrogens (tertiary/aromatic N) is 2. The molecule has 8 heteroatoms. The molecule has 0 amide bonds. The number of ether oxygens (including phenoxy) is 2. The van der Waals surface area contributed by atoms with Gasteiger partial charge < -0.3 is 19.9 Å². The summed E-state index contributed by atoms with van der Waals surface area (Å²) in [4.78, 5) is 24.5. The lowest BCUT2D eigenvalue weighted by Gasteiger charge is -2.35. The predicted octanol–water partition coefficient (Wildman–Crippen LogP) is 5.24. The largest absolute Gasteiger partial charge is 0.460 e. The van der Waals surface area contributed by atoms with E-state index >= 15 is 0 Å². The Hall–Kier alpha value is -1.22. The van der Waals surface area contributed by atoms with E-state index in [0.717, 1.165) is 38.5 Å². The smallest absolute Gasteiger partial charge is 0.306 e. The van der Waals surface area contributed by atoms with Crippen LogP contribution in [0.25, 0.3) is 0 Å². The molecular formula is C26H48N2O6. The summed E-state index contributed by atoms with van der Waals surface area (Å²) in [6.07, 6.45) is 6.84. The van der Waals surface area contributed by atoms with Crippen LogP contribution in [0.4, 0.5) is 0 Å². The maximum atomic E-state index is 12.3. The third kappa shape index (κ3) is 6.71. The topological polar surface area (TPSA) is 99.5 Å². The molecule has 2 rings (SSSR count). The molecule has 2 N–H and O–H groups in total. The number of esters is 2. The molecule has 0 aliphatic carbocycles. The van der Waals surface area contributed by atoms with Gasteiger partial charge in [0.2, 0.25) is 0 Å². The predicted molar refractivity (Wildman–Crippen MR) is 129 cm³/mol. The summed E-state index contributed by atoms with van der Waals surface area (Å²) in [5, 5.41) is 23.3. The number of carbonyl (C=O) groups is 2. The average molecular weight is 485 g/mol. The summed E-state index contributed by atoms with van der Waals surface area (Å²) in [6, 6.07) is 0. The van der Waals surface area contributed by atoms with Gasteiger partial charge in [0, 0.05) is 36.8 Å². The molecule has 2 aliphatic rings. The number of unbranched alkanes of at least 4 members (excludes halogenated alkanes) is 5. The highest BCUT2D eigenvalue weighted by atomic mass is 16.6. The van der Waals surface area contributed by atoms with Crippen LogP contribution < -0.4 is 0 Å². The van der Waals surface area contributed by atoms with Crippen LogP contribution in [0.2, 0.25) is 0 Å². The Balaban J connectivity index is 1.55. The van der Waals surface area contributed by atoms with E-state index in [1.165, 1.54) is 10.1 Å². The fraction of sp³-hybridized carbons (Fsp3) is 0.923. The summed E-state index contributed by atoms with van der Waals surface area (Å²) in [6.45, 7) is 15.4. The Morgan fingerprint density at radius 3 is 1.21 bits per heavy atom. The van der Waals surface area contributed by atoms with Crippen LogP contribution >= 0.6 is 0 Å². The first kappa shape index (κ1) is 29.0. The maximum absolute atomic E-state index is 12.3. The van der Waals surface area contributed by atoms with E-state index in [2.05, 4.69) is 0 Å². The van der Waals surface area contributed by atoms with Crippen molar-refractivity contribution in [2.75, 3.05) is 0 Å². The molecule has 2 saturated heterocycles. The highest BCUT2D eigenvalue weighted by molar-refractivity contribution is 5.70. The fourth-order valence-electron chi connectivity index (χ4n) is 5.47. The van der Waals surface area contributed by atoms with Gasteiger partial charge in [0.05, 0.1) is 11.1 Å². The summed E-state index contributed by atoms with van der Waals surface area (Å²) < 4.78 is 11.4. The summed E-state index contributed by atoms with van der Waals surface area (Å²) in [7, 11) is 0. The van der Waals surface area contributed by atoms with E-state index in [0.29, 0.717) is 25.7 Å². The van der Waals surface area contributed by atoms with Gasteiger partial charge in [-0.2, -0.15) is 10.1 Å². The molecule has 198 valence electrons. The Morgan fingerprint density at radius 1 is 0.647 bits per heavy atom. The summed E-state index contributed by atoms with van der Waals surface area (Å²) >= 11 is 0. The molecule has 0 aromatic rings. The highest BCUT2D eigenvalue weighted by Gasteiger charge is 2.54. The van der Waals surface area contributed by atoms with E-state index in [9.17, 15) is 20.0 Å². The van der Waals surface area contributed by atoms with Crippen LogP contribution in [0.5, 0.6) is 0 Å². The molecule has 0 radical (unpaired) electrons. The van der Waals surface area contributed by atoms with Gasteiger partial charge in [0.1, 0.15) is 12.2 Å². The van der Waals surface area contributed by atoms with Crippen LogP contribution in [-0.2, 0) is 19.1 Å². The van der Waals surface area contributed by atoms with Crippen molar-refractivity contribution in [2.45, 2.75) is 154 Å². The average Bonchev–Trinajstić information content (AvgIpc) is 2.96. The maximum Gasteiger partial charge on any atom is 0.306 e. The van der Waals surface area contributed by atoms with Gasteiger partial charge >= 0.3 is 11.9 Å². The summed E-state index contributed by atoms with van der Waals surface area (Å²) in [5.74, 6) is -0.405. The van der Waals surface area contributed by atoms with E-state index < -0.39 is 22.2 Å². The molecule has 2 unspecified atom stereocenters. The second-order valence-electron chi connectivity index (χ2n) is 12.5. The summed E-state index contributed by atoms with van der Waals surface area (Å²) in [5.41, 5.74) is -2.02. The van der Waals surface area contributed by atoms with Gasteiger partial charge in [-0.25, -0.2) is 0 Å². The third-order valence-corrected chi connectivity index (χ3v) is 7.74. The molecule has 2 fully saturated rings. The Labute approximate surface area is 205 Å². The second kappa shape index (κ2) is 10.8. The first-order valence-corrected chi connectivity index (χ1v) is 12.9. The Morgan fingerprint density at radius 2 is 0.941 bits per heavy atom. The molecular weight excluding hydrogens is 436 g/mol. The molecule has 0 spiro atoms. The zero-order chi connectivity index (χ0) is 25.9. The minimum Gasteiger partial charge on any atom is -0.460 e. The van der Waals surface area contributed by atoms with Crippen LogP contribution in [0.1, 0.15) is 120 Å². The molecule has 8 nitrogen and oxygen atoms in total. The van der Waals surface area contributed by atoms with Crippen molar-refractivity contribution in [3.63, 3.8) is 0 Å². The number of hydroxylamine groups is 4. The van der Waals surface area contributed by atoms with Crippen molar-refractivity contribution in [3.05, 3.63) is 0 Å². The molecule has 2 aliphatic heterocycles. The van der Waals surface area contributed by atoms with Crippen LogP contribution in [0, 0.1) is 0 Å². The number of hydrogen-bond acceptors (Lipinski definition) is 8. The Bertz CT molecular complexity index is 658. The quantitative estimate of drug-likeness (QED) is 0.304. The standard InChI is InChI=1S/C26H48N2O6/c1-23(2)17-19(25(5,6)27(23)31)33-21(29)15-13-11-9-10-12-14-16-22(30)34-20-18-24(3,4)28(32)26(20,7)8/h19-20,31-32H,9-18H2,1-8H3. The monoisotopic (exact) mass is 484 g/mol. The number of carbonyl (C=O) groups excluding carboxylic acids is 2. The van der Waals surface area contributed by atoms with Gasteiger partial charge in [0.25, 0.3) is 0 Å². The Kier molecular flexibility index (Phi) is 9.22. The number of rotatable bonds is 11. The molecule has 0 bridgehead atoms. The fourth-order valence-corrected chi connectivity index (χ4v) is 5.47. The lowest BCUT2D eigenvalue weighted by Crippen LogP contribution is -2.49. The number of hydrogen-bond donors (Lipinski definition) is 2. The van der Waals surface area contributed by atoms with Crippen molar-refractivity contribution >= 4 is 11.9 Å². The molecule has 2 atom stereocenters. The van der Waals surface area contributed by atoms with Gasteiger partial charge in [0.15, 0.2) is 0 Å². The van der Waals surface area contributed by atoms with Gasteiger partial charge in [-0.1, -0.05) is 25.7 Å². The van der Waals surface area contributed by atoms with E-state index in [1.807, 2.05) is 55.4 Å². The van der Waals surface area contributed by atoms with Crippen molar-refractivity contribution in [1.29, 1.82) is 0 Å². The molecule has 34 heavy (non-hydrogen) atoms. The van der Waals surface area contributed by atoms with E-state index in [-0.39, 0.29) is 24.1 Å². The molecule has 0 aromatic heterocycles.